The normalized spacial score (nSPS) is 12.4. The number of nitrogens with zero attached hydrogens (tertiary/aromatic N) is 1. The molecule has 0 aliphatic heterocycles. The first-order valence-corrected chi connectivity index (χ1v) is 7.94. The largest absolute Gasteiger partial charge is 0.351 e. The molecule has 0 aliphatic carbocycles. The summed E-state index contributed by atoms with van der Waals surface area (Å²) in [5.74, 6) is -0.0607. The van der Waals surface area contributed by atoms with Crippen LogP contribution in [0.4, 0.5) is 0 Å². The highest BCUT2D eigenvalue weighted by Gasteiger charge is 2.12. The van der Waals surface area contributed by atoms with Gasteiger partial charge in [0.2, 0.25) is 5.91 Å². The summed E-state index contributed by atoms with van der Waals surface area (Å²) in [6.45, 7) is 9.88. The zero-order valence-electron chi connectivity index (χ0n) is 13.6. The van der Waals surface area contributed by atoms with Gasteiger partial charge in [0.25, 0.3) is 0 Å². The van der Waals surface area contributed by atoms with Crippen LogP contribution in [0, 0.1) is 0 Å². The lowest BCUT2D eigenvalue weighted by Crippen LogP contribution is -2.40. The Morgan fingerprint density at radius 3 is 2.38 bits per heavy atom. The fraction of sp³-hybridized carbons (Fsp3) is 0.588. The number of nitrogens with one attached hydrogen (secondary N) is 1. The molecular weight excluding hydrogens is 262 g/mol. The minimum absolute atomic E-state index is 0.0607. The second kappa shape index (κ2) is 9.53. The minimum Gasteiger partial charge on any atom is -0.351 e. The molecule has 1 amide bonds. The summed E-state index contributed by atoms with van der Waals surface area (Å²) in [6, 6.07) is 7.87. The number of rotatable bonds is 9. The van der Waals surface area contributed by atoms with E-state index in [4.69, 9.17) is 5.73 Å². The van der Waals surface area contributed by atoms with Gasteiger partial charge in [-0.3, -0.25) is 9.69 Å². The van der Waals surface area contributed by atoms with E-state index in [-0.39, 0.29) is 5.91 Å². The molecule has 3 N–H and O–H groups in total. The van der Waals surface area contributed by atoms with Crippen LogP contribution >= 0.6 is 0 Å². The molecule has 0 saturated heterocycles. The summed E-state index contributed by atoms with van der Waals surface area (Å²) in [6.07, 6.45) is 1.65. The zero-order chi connectivity index (χ0) is 15.7. The average molecular weight is 291 g/mol. The standard InChI is InChI=1S/C17H29N3O/c1-4-9-16(18)17(21)19-12-14-10-7-8-11-15(14)13-20(5-2)6-3/h7-8,10-11,16H,4-6,9,12-13,18H2,1-3H3,(H,19,21)/t16-/m1/s1. The highest BCUT2D eigenvalue weighted by molar-refractivity contribution is 5.81. The summed E-state index contributed by atoms with van der Waals surface area (Å²) in [5, 5.41) is 2.95. The van der Waals surface area contributed by atoms with E-state index in [0.717, 1.165) is 32.5 Å². The van der Waals surface area contributed by atoms with Crippen LogP contribution in [-0.2, 0) is 17.9 Å². The third-order valence-corrected chi connectivity index (χ3v) is 3.80. The number of nitrogens with two attached hydrogens (primary N) is 1. The Hall–Kier alpha value is -1.39. The van der Waals surface area contributed by atoms with Crippen LogP contribution in [0.2, 0.25) is 0 Å². The predicted octanol–water partition coefficient (Wildman–Crippen LogP) is 2.27. The molecule has 21 heavy (non-hydrogen) atoms. The topological polar surface area (TPSA) is 58.4 Å². The fourth-order valence-corrected chi connectivity index (χ4v) is 2.33. The van der Waals surface area contributed by atoms with Crippen LogP contribution < -0.4 is 11.1 Å². The molecule has 118 valence electrons. The van der Waals surface area contributed by atoms with Crippen LogP contribution in [0.3, 0.4) is 0 Å². The number of benzene rings is 1. The van der Waals surface area contributed by atoms with Crippen molar-refractivity contribution in [2.45, 2.75) is 52.7 Å². The van der Waals surface area contributed by atoms with Gasteiger partial charge in [0, 0.05) is 13.1 Å². The van der Waals surface area contributed by atoms with Crippen LogP contribution in [0.5, 0.6) is 0 Å². The van der Waals surface area contributed by atoms with Gasteiger partial charge in [-0.05, 0) is 30.6 Å². The van der Waals surface area contributed by atoms with Gasteiger partial charge in [-0.15, -0.1) is 0 Å². The Balaban J connectivity index is 2.64. The van der Waals surface area contributed by atoms with Gasteiger partial charge in [0.15, 0.2) is 0 Å². The Kier molecular flexibility index (Phi) is 8.01. The molecule has 0 radical (unpaired) electrons. The van der Waals surface area contributed by atoms with E-state index < -0.39 is 6.04 Å². The molecule has 0 aromatic heterocycles. The van der Waals surface area contributed by atoms with Gasteiger partial charge in [-0.25, -0.2) is 0 Å². The third kappa shape index (κ3) is 5.86. The molecule has 0 spiro atoms. The highest BCUT2D eigenvalue weighted by Crippen LogP contribution is 2.11. The Morgan fingerprint density at radius 1 is 1.19 bits per heavy atom. The lowest BCUT2D eigenvalue weighted by molar-refractivity contribution is -0.122. The molecule has 0 aliphatic rings. The average Bonchev–Trinajstić information content (AvgIpc) is 2.51. The molecule has 1 rings (SSSR count). The fourth-order valence-electron chi connectivity index (χ4n) is 2.33. The van der Waals surface area contributed by atoms with Crippen LogP contribution in [0.1, 0.15) is 44.7 Å². The van der Waals surface area contributed by atoms with Crippen molar-refractivity contribution in [3.63, 3.8) is 0 Å². The van der Waals surface area contributed by atoms with Crippen molar-refractivity contribution < 1.29 is 4.79 Å². The lowest BCUT2D eigenvalue weighted by Gasteiger charge is -2.20. The molecule has 0 saturated carbocycles. The molecule has 1 aromatic rings. The first-order chi connectivity index (χ1) is 10.1. The number of carbonyl (C=O) groups excluding carboxylic acids is 1. The van der Waals surface area contributed by atoms with Crippen LogP contribution in [0.25, 0.3) is 0 Å². The van der Waals surface area contributed by atoms with Crippen LogP contribution in [-0.4, -0.2) is 29.9 Å². The third-order valence-electron chi connectivity index (χ3n) is 3.80. The molecule has 0 bridgehead atoms. The molecule has 4 nitrogen and oxygen atoms in total. The molecule has 0 unspecified atom stereocenters. The second-order valence-corrected chi connectivity index (χ2v) is 5.34. The maximum absolute atomic E-state index is 11.9. The lowest BCUT2D eigenvalue weighted by atomic mass is 10.1. The summed E-state index contributed by atoms with van der Waals surface area (Å²) < 4.78 is 0. The molecule has 4 heteroatoms. The van der Waals surface area contributed by atoms with Gasteiger partial charge >= 0.3 is 0 Å². The van der Waals surface area contributed by atoms with Crippen molar-refractivity contribution in [2.24, 2.45) is 5.73 Å². The first kappa shape index (κ1) is 17.7. The monoisotopic (exact) mass is 291 g/mol. The van der Waals surface area contributed by atoms with Crippen molar-refractivity contribution in [3.8, 4) is 0 Å². The number of amides is 1. The molecule has 0 heterocycles. The van der Waals surface area contributed by atoms with E-state index in [0.29, 0.717) is 6.54 Å². The Bertz CT molecular complexity index is 430. The Morgan fingerprint density at radius 2 is 1.81 bits per heavy atom. The van der Waals surface area contributed by atoms with Crippen molar-refractivity contribution in [2.75, 3.05) is 13.1 Å². The van der Waals surface area contributed by atoms with E-state index in [2.05, 4.69) is 36.2 Å². The van der Waals surface area contributed by atoms with Gasteiger partial charge in [-0.2, -0.15) is 0 Å². The van der Waals surface area contributed by atoms with E-state index in [1.807, 2.05) is 19.1 Å². The van der Waals surface area contributed by atoms with Crippen molar-refractivity contribution in [1.29, 1.82) is 0 Å². The smallest absolute Gasteiger partial charge is 0.237 e. The van der Waals surface area contributed by atoms with Crippen molar-refractivity contribution >= 4 is 5.91 Å². The van der Waals surface area contributed by atoms with E-state index in [1.54, 1.807) is 0 Å². The van der Waals surface area contributed by atoms with Gasteiger partial charge < -0.3 is 11.1 Å². The molecule has 1 atom stereocenters. The minimum atomic E-state index is -0.398. The van der Waals surface area contributed by atoms with E-state index >= 15 is 0 Å². The number of hydrogen-bond donors (Lipinski definition) is 2. The van der Waals surface area contributed by atoms with E-state index in [1.165, 1.54) is 11.1 Å². The summed E-state index contributed by atoms with van der Waals surface area (Å²) in [5.41, 5.74) is 8.27. The zero-order valence-corrected chi connectivity index (χ0v) is 13.6. The molecule has 1 aromatic carbocycles. The van der Waals surface area contributed by atoms with Crippen molar-refractivity contribution in [3.05, 3.63) is 35.4 Å². The quantitative estimate of drug-likeness (QED) is 0.734. The summed E-state index contributed by atoms with van der Waals surface area (Å²) in [4.78, 5) is 14.3. The molecular formula is C17H29N3O. The van der Waals surface area contributed by atoms with Gasteiger partial charge in [-0.1, -0.05) is 51.5 Å². The second-order valence-electron chi connectivity index (χ2n) is 5.34. The summed E-state index contributed by atoms with van der Waals surface area (Å²) >= 11 is 0. The maximum atomic E-state index is 11.9. The maximum Gasteiger partial charge on any atom is 0.237 e. The van der Waals surface area contributed by atoms with Gasteiger partial charge in [0.1, 0.15) is 0 Å². The number of carbonyl (C=O) groups is 1. The predicted molar refractivity (Wildman–Crippen MR) is 87.8 cm³/mol. The van der Waals surface area contributed by atoms with E-state index in [9.17, 15) is 4.79 Å². The SMILES string of the molecule is CCC[C@@H](N)C(=O)NCc1ccccc1CN(CC)CC. The van der Waals surface area contributed by atoms with Gasteiger partial charge in [0.05, 0.1) is 6.04 Å². The summed E-state index contributed by atoms with van der Waals surface area (Å²) in [7, 11) is 0. The molecule has 0 fully saturated rings. The highest BCUT2D eigenvalue weighted by atomic mass is 16.2. The Labute approximate surface area is 128 Å². The number of hydrogen-bond acceptors (Lipinski definition) is 3. The van der Waals surface area contributed by atoms with Crippen molar-refractivity contribution in [1.82, 2.24) is 10.2 Å². The first-order valence-electron chi connectivity index (χ1n) is 7.94. The van der Waals surface area contributed by atoms with Crippen LogP contribution in [0.15, 0.2) is 24.3 Å².